The number of nitrogens with zero attached hydrogens (tertiary/aromatic N) is 2. The molecular formula is C18H23N3O. The Morgan fingerprint density at radius 1 is 1.32 bits per heavy atom. The average Bonchev–Trinajstić information content (AvgIpc) is 2.75. The number of nitrogens with one attached hydrogen (secondary N) is 1. The summed E-state index contributed by atoms with van der Waals surface area (Å²) in [5.74, 6) is 0.475. The van der Waals surface area contributed by atoms with Gasteiger partial charge in [-0.15, -0.1) is 0 Å². The Labute approximate surface area is 131 Å². The average molecular weight is 297 g/mol. The highest BCUT2D eigenvalue weighted by molar-refractivity contribution is 5.95. The third-order valence-corrected chi connectivity index (χ3v) is 4.55. The minimum atomic E-state index is 0.0387. The Morgan fingerprint density at radius 3 is 2.73 bits per heavy atom. The summed E-state index contributed by atoms with van der Waals surface area (Å²) in [5.41, 5.74) is 3.98. The molecule has 2 heterocycles. The number of allylic oxidation sites excluding steroid dienone is 2. The normalized spacial score (nSPS) is 22.4. The monoisotopic (exact) mass is 297 g/mol. The largest absolute Gasteiger partial charge is 0.324 e. The number of anilines is 1. The Balaban J connectivity index is 1.77. The molecule has 2 aromatic heterocycles. The molecule has 4 heteroatoms. The SMILES string of the molecule is CC(C)=C[C@H]1[C@H](C(=O)Nc2ccc3nc(C)cn3c2)C1(C)C. The lowest BCUT2D eigenvalue weighted by Gasteiger charge is -2.06. The lowest BCUT2D eigenvalue weighted by molar-refractivity contribution is -0.118. The van der Waals surface area contributed by atoms with Gasteiger partial charge in [-0.2, -0.15) is 0 Å². The molecule has 0 aromatic carbocycles. The van der Waals surface area contributed by atoms with Gasteiger partial charge in [0.2, 0.25) is 5.91 Å². The molecular weight excluding hydrogens is 274 g/mol. The van der Waals surface area contributed by atoms with E-state index in [-0.39, 0.29) is 17.2 Å². The van der Waals surface area contributed by atoms with Gasteiger partial charge in [-0.25, -0.2) is 4.98 Å². The Hall–Kier alpha value is -2.10. The second kappa shape index (κ2) is 4.97. The Bertz CT molecular complexity index is 766. The zero-order valence-corrected chi connectivity index (χ0v) is 13.8. The van der Waals surface area contributed by atoms with Crippen molar-refractivity contribution in [3.05, 3.63) is 41.9 Å². The zero-order valence-electron chi connectivity index (χ0n) is 13.8. The Morgan fingerprint density at radius 2 is 2.05 bits per heavy atom. The Kier molecular flexibility index (Phi) is 3.35. The molecule has 2 aromatic rings. The van der Waals surface area contributed by atoms with Gasteiger partial charge < -0.3 is 9.72 Å². The highest BCUT2D eigenvalue weighted by Gasteiger charge is 2.60. The van der Waals surface area contributed by atoms with E-state index >= 15 is 0 Å². The minimum absolute atomic E-state index is 0.0387. The first-order valence-corrected chi connectivity index (χ1v) is 7.70. The number of hydrogen-bond acceptors (Lipinski definition) is 2. The highest BCUT2D eigenvalue weighted by atomic mass is 16.2. The standard InChI is InChI=1S/C18H23N3O/c1-11(2)8-14-16(18(14,4)5)17(22)20-13-6-7-15-19-12(3)9-21(15)10-13/h6-10,14,16H,1-5H3,(H,20,22)/t14-,16+/m0/s1. The van der Waals surface area contributed by atoms with E-state index in [1.165, 1.54) is 5.57 Å². The second-order valence-electron chi connectivity index (χ2n) is 7.12. The van der Waals surface area contributed by atoms with Crippen LogP contribution in [0.3, 0.4) is 0 Å². The smallest absolute Gasteiger partial charge is 0.228 e. The van der Waals surface area contributed by atoms with Gasteiger partial charge in [-0.1, -0.05) is 25.5 Å². The quantitative estimate of drug-likeness (QED) is 0.875. The maximum Gasteiger partial charge on any atom is 0.228 e. The fourth-order valence-corrected chi connectivity index (χ4v) is 3.26. The van der Waals surface area contributed by atoms with Gasteiger partial charge in [0.25, 0.3) is 0 Å². The van der Waals surface area contributed by atoms with Crippen molar-refractivity contribution in [2.24, 2.45) is 17.3 Å². The van der Waals surface area contributed by atoms with Crippen molar-refractivity contribution in [2.75, 3.05) is 5.32 Å². The summed E-state index contributed by atoms with van der Waals surface area (Å²) in [4.78, 5) is 16.9. The summed E-state index contributed by atoms with van der Waals surface area (Å²) in [6.45, 7) is 10.4. The summed E-state index contributed by atoms with van der Waals surface area (Å²) in [5, 5.41) is 3.05. The van der Waals surface area contributed by atoms with Crippen LogP contribution in [0.1, 0.15) is 33.4 Å². The first-order chi connectivity index (χ1) is 10.3. The summed E-state index contributed by atoms with van der Waals surface area (Å²) < 4.78 is 1.94. The van der Waals surface area contributed by atoms with Crippen LogP contribution < -0.4 is 5.32 Å². The van der Waals surface area contributed by atoms with E-state index < -0.39 is 0 Å². The number of amides is 1. The summed E-state index contributed by atoms with van der Waals surface area (Å²) in [6, 6.07) is 3.83. The number of rotatable bonds is 3. The van der Waals surface area contributed by atoms with Crippen LogP contribution in [0.2, 0.25) is 0 Å². The van der Waals surface area contributed by atoms with Crippen molar-refractivity contribution >= 4 is 17.2 Å². The molecule has 0 saturated heterocycles. The van der Waals surface area contributed by atoms with E-state index in [1.54, 1.807) is 0 Å². The summed E-state index contributed by atoms with van der Waals surface area (Å²) in [7, 11) is 0. The molecule has 3 rings (SSSR count). The van der Waals surface area contributed by atoms with Gasteiger partial charge >= 0.3 is 0 Å². The minimum Gasteiger partial charge on any atom is -0.324 e. The number of hydrogen-bond donors (Lipinski definition) is 1. The van der Waals surface area contributed by atoms with Crippen molar-refractivity contribution in [1.82, 2.24) is 9.38 Å². The topological polar surface area (TPSA) is 46.4 Å². The predicted octanol–water partition coefficient (Wildman–Crippen LogP) is 3.82. The maximum atomic E-state index is 12.6. The van der Waals surface area contributed by atoms with Crippen molar-refractivity contribution < 1.29 is 4.79 Å². The summed E-state index contributed by atoms with van der Waals surface area (Å²) in [6.07, 6.45) is 6.09. The lowest BCUT2D eigenvalue weighted by atomic mass is 10.1. The molecule has 2 atom stereocenters. The van der Waals surface area contributed by atoms with E-state index in [9.17, 15) is 4.79 Å². The van der Waals surface area contributed by atoms with Crippen LogP contribution in [-0.2, 0) is 4.79 Å². The van der Waals surface area contributed by atoms with Gasteiger partial charge in [-0.3, -0.25) is 4.79 Å². The third kappa shape index (κ3) is 2.54. The fraction of sp³-hybridized carbons (Fsp3) is 0.444. The fourth-order valence-electron chi connectivity index (χ4n) is 3.26. The number of aromatic nitrogens is 2. The van der Waals surface area contributed by atoms with E-state index in [1.807, 2.05) is 35.9 Å². The number of carbonyl (C=O) groups excluding carboxylic acids is 1. The predicted molar refractivity (Wildman–Crippen MR) is 88.8 cm³/mol. The number of aryl methyl sites for hydroxylation is 1. The van der Waals surface area contributed by atoms with Crippen molar-refractivity contribution in [2.45, 2.75) is 34.6 Å². The molecule has 0 bridgehead atoms. The molecule has 116 valence electrons. The van der Waals surface area contributed by atoms with Crippen LogP contribution in [-0.4, -0.2) is 15.3 Å². The van der Waals surface area contributed by atoms with E-state index in [2.05, 4.69) is 44.1 Å². The number of pyridine rings is 1. The van der Waals surface area contributed by atoms with Crippen molar-refractivity contribution in [1.29, 1.82) is 0 Å². The molecule has 1 N–H and O–H groups in total. The van der Waals surface area contributed by atoms with Crippen molar-refractivity contribution in [3.8, 4) is 0 Å². The van der Waals surface area contributed by atoms with Crippen LogP contribution >= 0.6 is 0 Å². The van der Waals surface area contributed by atoms with Crippen LogP contribution in [0.5, 0.6) is 0 Å². The molecule has 1 aliphatic rings. The number of fused-ring (bicyclic) bond motifs is 1. The third-order valence-electron chi connectivity index (χ3n) is 4.55. The molecule has 1 aliphatic carbocycles. The van der Waals surface area contributed by atoms with Crippen LogP contribution in [0.25, 0.3) is 5.65 Å². The maximum absolute atomic E-state index is 12.6. The highest BCUT2D eigenvalue weighted by Crippen LogP contribution is 2.59. The molecule has 1 fully saturated rings. The molecule has 0 radical (unpaired) electrons. The number of imidazole rings is 1. The molecule has 1 amide bonds. The van der Waals surface area contributed by atoms with E-state index in [4.69, 9.17) is 0 Å². The van der Waals surface area contributed by atoms with Crippen LogP contribution in [0.4, 0.5) is 5.69 Å². The van der Waals surface area contributed by atoms with Crippen molar-refractivity contribution in [3.63, 3.8) is 0 Å². The van der Waals surface area contributed by atoms with Gasteiger partial charge in [0, 0.05) is 12.4 Å². The molecule has 22 heavy (non-hydrogen) atoms. The van der Waals surface area contributed by atoms with E-state index in [0.29, 0.717) is 5.92 Å². The summed E-state index contributed by atoms with van der Waals surface area (Å²) >= 11 is 0. The molecule has 1 saturated carbocycles. The van der Waals surface area contributed by atoms with Gasteiger partial charge in [-0.05, 0) is 44.2 Å². The molecule has 4 nitrogen and oxygen atoms in total. The molecule has 0 spiro atoms. The van der Waals surface area contributed by atoms with Gasteiger partial charge in [0.1, 0.15) is 5.65 Å². The first-order valence-electron chi connectivity index (χ1n) is 7.70. The zero-order chi connectivity index (χ0) is 16.1. The van der Waals surface area contributed by atoms with E-state index in [0.717, 1.165) is 17.0 Å². The first kappa shape index (κ1) is 14.8. The van der Waals surface area contributed by atoms with Crippen LogP contribution in [0, 0.1) is 24.2 Å². The second-order valence-corrected chi connectivity index (χ2v) is 7.12. The molecule has 0 unspecified atom stereocenters. The number of carbonyl (C=O) groups is 1. The molecule has 0 aliphatic heterocycles. The van der Waals surface area contributed by atoms with Gasteiger partial charge in [0.05, 0.1) is 17.3 Å². The van der Waals surface area contributed by atoms with Gasteiger partial charge in [0.15, 0.2) is 0 Å². The van der Waals surface area contributed by atoms with Crippen LogP contribution in [0.15, 0.2) is 36.2 Å². The lowest BCUT2D eigenvalue weighted by Crippen LogP contribution is -2.17.